The number of sulfonamides is 1. The Kier molecular flexibility index (Phi) is 5.83. The van der Waals surface area contributed by atoms with Crippen LogP contribution in [0.15, 0.2) is 50.7 Å². The molecule has 0 bridgehead atoms. The monoisotopic (exact) mass is 454 g/mol. The Morgan fingerprint density at radius 2 is 1.89 bits per heavy atom. The fraction of sp³-hybridized carbons (Fsp3) is 0.333. The summed E-state index contributed by atoms with van der Waals surface area (Å²) in [5, 5.41) is 0. The van der Waals surface area contributed by atoms with Crippen LogP contribution in [0.5, 0.6) is 5.75 Å². The van der Waals surface area contributed by atoms with Crippen molar-refractivity contribution in [2.45, 2.75) is 24.3 Å². The topological polar surface area (TPSA) is 85.7 Å². The summed E-state index contributed by atoms with van der Waals surface area (Å²) in [7, 11) is -2.13. The van der Waals surface area contributed by atoms with Crippen molar-refractivity contribution in [1.29, 1.82) is 0 Å². The van der Waals surface area contributed by atoms with Gasteiger partial charge in [0.15, 0.2) is 5.78 Å². The molecular formula is C18H19BrN2O5S. The van der Waals surface area contributed by atoms with Gasteiger partial charge in [0.25, 0.3) is 5.56 Å². The second-order valence-corrected chi connectivity index (χ2v) is 9.01. The molecule has 1 fully saturated rings. The van der Waals surface area contributed by atoms with E-state index < -0.39 is 15.6 Å². The third-order valence-corrected chi connectivity index (χ3v) is 6.95. The predicted molar refractivity (Wildman–Crippen MR) is 104 cm³/mol. The van der Waals surface area contributed by atoms with Gasteiger partial charge in [-0.05, 0) is 53.0 Å². The molecule has 1 aromatic carbocycles. The number of methoxy groups -OCH3 is 1. The number of aromatic nitrogens is 1. The van der Waals surface area contributed by atoms with Gasteiger partial charge >= 0.3 is 0 Å². The van der Waals surface area contributed by atoms with Gasteiger partial charge in [0.05, 0.1) is 23.0 Å². The number of halogens is 1. The molecule has 3 rings (SSSR count). The largest absolute Gasteiger partial charge is 0.496 e. The Morgan fingerprint density at radius 1 is 1.19 bits per heavy atom. The molecule has 27 heavy (non-hydrogen) atoms. The Hall–Kier alpha value is -1.97. The molecule has 0 radical (unpaired) electrons. The molecule has 9 heteroatoms. The van der Waals surface area contributed by atoms with Gasteiger partial charge in [0, 0.05) is 30.9 Å². The molecule has 0 atom stereocenters. The molecule has 1 aliphatic heterocycles. The van der Waals surface area contributed by atoms with E-state index in [2.05, 4.69) is 15.9 Å². The first-order valence-electron chi connectivity index (χ1n) is 8.40. The van der Waals surface area contributed by atoms with Crippen LogP contribution in [0.3, 0.4) is 0 Å². The van der Waals surface area contributed by atoms with Crippen LogP contribution >= 0.6 is 15.9 Å². The molecule has 0 unspecified atom stereocenters. The lowest BCUT2D eigenvalue weighted by atomic mass is 10.1. The summed E-state index contributed by atoms with van der Waals surface area (Å²) in [5.41, 5.74) is -0.0429. The summed E-state index contributed by atoms with van der Waals surface area (Å²) < 4.78 is 33.6. The van der Waals surface area contributed by atoms with Crippen LogP contribution in [0.1, 0.15) is 23.2 Å². The van der Waals surface area contributed by atoms with Gasteiger partial charge in [-0.15, -0.1) is 0 Å². The van der Waals surface area contributed by atoms with Crippen LogP contribution in [-0.2, 0) is 16.6 Å². The number of carbonyl (C=O) groups is 1. The van der Waals surface area contributed by atoms with Crippen molar-refractivity contribution in [2.24, 2.45) is 0 Å². The number of pyridine rings is 1. The number of rotatable bonds is 6. The number of carbonyl (C=O) groups excluding carboxylic acids is 1. The van der Waals surface area contributed by atoms with Crippen molar-refractivity contribution >= 4 is 31.7 Å². The lowest BCUT2D eigenvalue weighted by Gasteiger charge is -2.16. The number of ketones is 1. The normalized spacial score (nSPS) is 15.0. The second kappa shape index (κ2) is 7.95. The first-order valence-corrected chi connectivity index (χ1v) is 10.6. The van der Waals surface area contributed by atoms with E-state index in [1.165, 1.54) is 29.7 Å². The van der Waals surface area contributed by atoms with E-state index in [0.29, 0.717) is 28.9 Å². The first kappa shape index (κ1) is 19.8. The van der Waals surface area contributed by atoms with Crippen molar-refractivity contribution in [3.63, 3.8) is 0 Å². The number of hydrogen-bond donors (Lipinski definition) is 0. The van der Waals surface area contributed by atoms with E-state index in [0.717, 1.165) is 17.4 Å². The van der Waals surface area contributed by atoms with Crippen LogP contribution < -0.4 is 10.3 Å². The number of Topliss-reactive ketones (excluding diaryl/α,β-unsaturated/α-hetero) is 1. The third-order valence-electron chi connectivity index (χ3n) is 4.45. The molecule has 0 saturated carbocycles. The number of ether oxygens (including phenoxy) is 1. The maximum absolute atomic E-state index is 12.7. The molecule has 2 heterocycles. The van der Waals surface area contributed by atoms with E-state index in [1.807, 2.05) is 0 Å². The summed E-state index contributed by atoms with van der Waals surface area (Å²) in [6.45, 7) is 0.696. The third kappa shape index (κ3) is 4.15. The quantitative estimate of drug-likeness (QED) is 0.624. The van der Waals surface area contributed by atoms with Gasteiger partial charge in [-0.1, -0.05) is 0 Å². The summed E-state index contributed by atoms with van der Waals surface area (Å²) in [6.07, 6.45) is 2.89. The van der Waals surface area contributed by atoms with Gasteiger partial charge in [0.1, 0.15) is 5.75 Å². The minimum absolute atomic E-state index is 0.0210. The minimum Gasteiger partial charge on any atom is -0.496 e. The maximum Gasteiger partial charge on any atom is 0.251 e. The van der Waals surface area contributed by atoms with Gasteiger partial charge in [-0.2, -0.15) is 4.31 Å². The lowest BCUT2D eigenvalue weighted by molar-refractivity contribution is 0.0970. The Morgan fingerprint density at radius 3 is 2.52 bits per heavy atom. The van der Waals surface area contributed by atoms with Crippen molar-refractivity contribution in [2.75, 3.05) is 20.2 Å². The highest BCUT2D eigenvalue weighted by Crippen LogP contribution is 2.26. The first-order chi connectivity index (χ1) is 12.8. The molecule has 2 aromatic rings. The molecule has 1 saturated heterocycles. The second-order valence-electron chi connectivity index (χ2n) is 6.21. The van der Waals surface area contributed by atoms with Gasteiger partial charge in [-0.3, -0.25) is 9.59 Å². The fourth-order valence-corrected chi connectivity index (χ4v) is 5.03. The highest BCUT2D eigenvalue weighted by Gasteiger charge is 2.27. The summed E-state index contributed by atoms with van der Waals surface area (Å²) in [4.78, 5) is 24.7. The maximum atomic E-state index is 12.7. The van der Waals surface area contributed by atoms with Crippen LogP contribution in [0.4, 0.5) is 0 Å². The summed E-state index contributed by atoms with van der Waals surface area (Å²) in [6, 6.07) is 7.33. The van der Waals surface area contributed by atoms with Crippen LogP contribution in [-0.4, -0.2) is 43.3 Å². The SMILES string of the molecule is COc1ccc(C(=O)Cn2cc(S(=O)(=O)N3CCCC3)ccc2=O)cc1Br. The smallest absolute Gasteiger partial charge is 0.251 e. The lowest BCUT2D eigenvalue weighted by Crippen LogP contribution is -2.30. The van der Waals surface area contributed by atoms with Crippen molar-refractivity contribution < 1.29 is 17.9 Å². The molecule has 7 nitrogen and oxygen atoms in total. The van der Waals surface area contributed by atoms with E-state index in [4.69, 9.17) is 4.74 Å². The van der Waals surface area contributed by atoms with Crippen LogP contribution in [0, 0.1) is 0 Å². The average molecular weight is 455 g/mol. The molecular weight excluding hydrogens is 436 g/mol. The van der Waals surface area contributed by atoms with E-state index in [9.17, 15) is 18.0 Å². The van der Waals surface area contributed by atoms with Gasteiger partial charge < -0.3 is 9.30 Å². The van der Waals surface area contributed by atoms with E-state index in [1.54, 1.807) is 18.2 Å². The Bertz CT molecular complexity index is 1030. The summed E-state index contributed by atoms with van der Waals surface area (Å²) >= 11 is 3.32. The number of nitrogens with zero attached hydrogens (tertiary/aromatic N) is 2. The molecule has 0 aliphatic carbocycles. The van der Waals surface area contributed by atoms with Crippen LogP contribution in [0.2, 0.25) is 0 Å². The fourth-order valence-electron chi connectivity index (χ4n) is 2.95. The Balaban J connectivity index is 1.88. The molecule has 144 valence electrons. The standard InChI is InChI=1S/C18H19BrN2O5S/c1-26-17-6-4-13(10-15(17)19)16(22)12-20-11-14(5-7-18(20)23)27(24,25)21-8-2-3-9-21/h4-7,10-11H,2-3,8-9,12H2,1H3. The molecule has 1 aromatic heterocycles. The summed E-state index contributed by atoms with van der Waals surface area (Å²) in [5.74, 6) is 0.276. The zero-order valence-corrected chi connectivity index (χ0v) is 17.1. The zero-order valence-electron chi connectivity index (χ0n) is 14.7. The van der Waals surface area contributed by atoms with Gasteiger partial charge in [0.2, 0.25) is 10.0 Å². The van der Waals surface area contributed by atoms with Gasteiger partial charge in [-0.25, -0.2) is 8.42 Å². The van der Waals surface area contributed by atoms with Crippen molar-refractivity contribution in [1.82, 2.24) is 8.87 Å². The minimum atomic E-state index is -3.66. The van der Waals surface area contributed by atoms with Crippen molar-refractivity contribution in [3.05, 3.63) is 56.9 Å². The number of hydrogen-bond acceptors (Lipinski definition) is 5. The van der Waals surface area contributed by atoms with Crippen LogP contribution in [0.25, 0.3) is 0 Å². The van der Waals surface area contributed by atoms with E-state index >= 15 is 0 Å². The molecule has 1 aliphatic rings. The highest BCUT2D eigenvalue weighted by molar-refractivity contribution is 9.10. The molecule has 0 amide bonds. The average Bonchev–Trinajstić information content (AvgIpc) is 3.18. The van der Waals surface area contributed by atoms with Crippen molar-refractivity contribution in [3.8, 4) is 5.75 Å². The Labute approximate surface area is 165 Å². The highest BCUT2D eigenvalue weighted by atomic mass is 79.9. The van der Waals surface area contributed by atoms with E-state index in [-0.39, 0.29) is 17.2 Å². The molecule has 0 N–H and O–H groups in total. The number of benzene rings is 1. The zero-order chi connectivity index (χ0) is 19.6. The molecule has 0 spiro atoms. The predicted octanol–water partition coefficient (Wildman–Crippen LogP) is 2.29.